The molecule has 0 amide bonds. The highest BCUT2D eigenvalue weighted by atomic mass is 14.9. The Morgan fingerprint density at radius 1 is 1.38 bits per heavy atom. The minimum absolute atomic E-state index is 0.233. The van der Waals surface area contributed by atoms with E-state index in [1.807, 2.05) is 31.5 Å². The monoisotopic (exact) mass is 212 g/mol. The van der Waals surface area contributed by atoms with Crippen molar-refractivity contribution >= 4 is 12.4 Å². The van der Waals surface area contributed by atoms with Crippen molar-refractivity contribution in [2.24, 2.45) is 15.9 Å². The zero-order valence-corrected chi connectivity index (χ0v) is 9.50. The van der Waals surface area contributed by atoms with Gasteiger partial charge in [-0.05, 0) is 24.1 Å². The van der Waals surface area contributed by atoms with Gasteiger partial charge in [0.25, 0.3) is 0 Å². The third kappa shape index (κ3) is 2.66. The van der Waals surface area contributed by atoms with Gasteiger partial charge < -0.3 is 0 Å². The molecule has 2 aliphatic rings. The van der Waals surface area contributed by atoms with Gasteiger partial charge in [0.2, 0.25) is 0 Å². The fraction of sp³-hybridized carbons (Fsp3) is 0.286. The molecule has 2 atom stereocenters. The Balaban J connectivity index is 2.27. The zero-order valence-electron chi connectivity index (χ0n) is 9.50. The second-order valence-electron chi connectivity index (χ2n) is 4.14. The van der Waals surface area contributed by atoms with Crippen LogP contribution in [0.4, 0.5) is 0 Å². The predicted molar refractivity (Wildman–Crippen MR) is 70.3 cm³/mol. The first-order valence-corrected chi connectivity index (χ1v) is 5.51. The van der Waals surface area contributed by atoms with Gasteiger partial charge in [-0.1, -0.05) is 30.9 Å². The molecule has 82 valence electrons. The van der Waals surface area contributed by atoms with Gasteiger partial charge in [0.1, 0.15) is 0 Å². The highest BCUT2D eigenvalue weighted by molar-refractivity contribution is 5.79. The number of fused-ring (bicyclic) bond motifs is 1. The number of dihydropyridines is 1. The van der Waals surface area contributed by atoms with E-state index in [0.29, 0.717) is 5.92 Å². The van der Waals surface area contributed by atoms with Crippen LogP contribution in [0.15, 0.2) is 58.1 Å². The third-order valence-corrected chi connectivity index (χ3v) is 2.67. The van der Waals surface area contributed by atoms with Crippen LogP contribution < -0.4 is 0 Å². The molecular formula is C14H16N2. The van der Waals surface area contributed by atoms with Gasteiger partial charge in [-0.15, -0.1) is 0 Å². The number of aliphatic imine (C=N–C) groups is 2. The first-order chi connectivity index (χ1) is 7.75. The highest BCUT2D eigenvalue weighted by Crippen LogP contribution is 2.17. The Kier molecular flexibility index (Phi) is 3.30. The molecule has 0 aliphatic carbocycles. The van der Waals surface area contributed by atoms with E-state index in [2.05, 4.69) is 34.8 Å². The number of rotatable bonds is 0. The van der Waals surface area contributed by atoms with E-state index in [1.54, 1.807) is 0 Å². The van der Waals surface area contributed by atoms with E-state index < -0.39 is 0 Å². The Morgan fingerprint density at radius 3 is 3.12 bits per heavy atom. The summed E-state index contributed by atoms with van der Waals surface area (Å²) in [6.45, 7) is 6.77. The summed E-state index contributed by atoms with van der Waals surface area (Å²) in [5.41, 5.74) is 2.14. The Morgan fingerprint density at radius 2 is 2.25 bits per heavy atom. The van der Waals surface area contributed by atoms with Crippen molar-refractivity contribution in [2.45, 2.75) is 13.0 Å². The lowest BCUT2D eigenvalue weighted by molar-refractivity contribution is 0.593. The molecule has 2 rings (SSSR count). The number of nitrogens with zero attached hydrogens (tertiary/aromatic N) is 2. The molecule has 0 N–H and O–H groups in total. The fourth-order valence-corrected chi connectivity index (χ4v) is 1.84. The minimum atomic E-state index is 0.233. The maximum absolute atomic E-state index is 4.45. The van der Waals surface area contributed by atoms with Gasteiger partial charge in [0, 0.05) is 18.3 Å². The van der Waals surface area contributed by atoms with Crippen molar-refractivity contribution in [3.05, 3.63) is 48.1 Å². The number of hydrogen-bond acceptors (Lipinski definition) is 2. The van der Waals surface area contributed by atoms with Gasteiger partial charge in [-0.2, -0.15) is 0 Å². The van der Waals surface area contributed by atoms with Crippen molar-refractivity contribution in [1.82, 2.24) is 0 Å². The molecule has 2 heteroatoms. The summed E-state index contributed by atoms with van der Waals surface area (Å²) in [4.78, 5) is 8.87. The van der Waals surface area contributed by atoms with Crippen LogP contribution in [0.2, 0.25) is 0 Å². The van der Waals surface area contributed by atoms with Crippen LogP contribution in [0, 0.1) is 5.92 Å². The van der Waals surface area contributed by atoms with Crippen LogP contribution in [0.3, 0.4) is 0 Å². The Labute approximate surface area is 96.5 Å². The van der Waals surface area contributed by atoms with Crippen molar-refractivity contribution < 1.29 is 0 Å². The second-order valence-corrected chi connectivity index (χ2v) is 4.14. The summed E-state index contributed by atoms with van der Waals surface area (Å²) < 4.78 is 0. The smallest absolute Gasteiger partial charge is 0.0791 e. The summed E-state index contributed by atoms with van der Waals surface area (Å²) in [6, 6.07) is 0.233. The zero-order chi connectivity index (χ0) is 11.4. The van der Waals surface area contributed by atoms with Gasteiger partial charge in [0.05, 0.1) is 12.6 Å². The maximum Gasteiger partial charge on any atom is 0.0791 e. The van der Waals surface area contributed by atoms with Gasteiger partial charge in [-0.3, -0.25) is 9.98 Å². The van der Waals surface area contributed by atoms with Gasteiger partial charge in [0.15, 0.2) is 0 Å². The molecule has 0 radical (unpaired) electrons. The molecule has 0 aromatic rings. The molecule has 0 spiro atoms. The molecule has 2 nitrogen and oxygen atoms in total. The molecule has 0 fully saturated rings. The lowest BCUT2D eigenvalue weighted by Crippen LogP contribution is -2.21. The summed E-state index contributed by atoms with van der Waals surface area (Å²) in [7, 11) is 0. The first-order valence-electron chi connectivity index (χ1n) is 5.51. The molecule has 0 aromatic heterocycles. The van der Waals surface area contributed by atoms with Crippen molar-refractivity contribution in [2.75, 3.05) is 6.54 Å². The summed E-state index contributed by atoms with van der Waals surface area (Å²) in [6.07, 6.45) is 14.2. The van der Waals surface area contributed by atoms with Crippen LogP contribution in [-0.4, -0.2) is 25.0 Å². The Hall–Kier alpha value is -1.70. The number of allylic oxidation sites excluding steroid dienone is 5. The van der Waals surface area contributed by atoms with E-state index in [4.69, 9.17) is 0 Å². The van der Waals surface area contributed by atoms with Gasteiger partial charge >= 0.3 is 0 Å². The van der Waals surface area contributed by atoms with Crippen molar-refractivity contribution in [3.8, 4) is 0 Å². The summed E-state index contributed by atoms with van der Waals surface area (Å²) in [5, 5.41) is 0. The fourth-order valence-electron chi connectivity index (χ4n) is 1.84. The predicted octanol–water partition coefficient (Wildman–Crippen LogP) is 2.75. The molecule has 0 saturated heterocycles. The summed E-state index contributed by atoms with van der Waals surface area (Å²) in [5.74, 6) is 0.339. The molecule has 0 aromatic carbocycles. The van der Waals surface area contributed by atoms with Crippen LogP contribution >= 0.6 is 0 Å². The molecule has 0 bridgehead atoms. The second kappa shape index (κ2) is 4.88. The van der Waals surface area contributed by atoms with Crippen molar-refractivity contribution in [3.63, 3.8) is 0 Å². The molecule has 0 saturated carbocycles. The normalized spacial score (nSPS) is 30.8. The van der Waals surface area contributed by atoms with Crippen molar-refractivity contribution in [1.29, 1.82) is 0 Å². The molecule has 2 heterocycles. The lowest BCUT2D eigenvalue weighted by Gasteiger charge is -2.19. The molecule has 2 aliphatic heterocycles. The van der Waals surface area contributed by atoms with E-state index in [9.17, 15) is 0 Å². The third-order valence-electron chi connectivity index (χ3n) is 2.67. The van der Waals surface area contributed by atoms with E-state index in [0.717, 1.165) is 17.7 Å². The quantitative estimate of drug-likeness (QED) is 0.590. The average molecular weight is 212 g/mol. The largest absolute Gasteiger partial charge is 0.291 e. The molecule has 2 unspecified atom stereocenters. The average Bonchev–Trinajstić information content (AvgIpc) is 2.27. The van der Waals surface area contributed by atoms with E-state index in [1.165, 1.54) is 0 Å². The topological polar surface area (TPSA) is 24.7 Å². The van der Waals surface area contributed by atoms with Gasteiger partial charge in [-0.25, -0.2) is 0 Å². The Bertz CT molecular complexity index is 422. The van der Waals surface area contributed by atoms with Crippen LogP contribution in [-0.2, 0) is 0 Å². The minimum Gasteiger partial charge on any atom is -0.291 e. The van der Waals surface area contributed by atoms with E-state index >= 15 is 0 Å². The van der Waals surface area contributed by atoms with E-state index in [-0.39, 0.29) is 6.04 Å². The number of hydrogen-bond donors (Lipinski definition) is 0. The van der Waals surface area contributed by atoms with Crippen LogP contribution in [0.25, 0.3) is 0 Å². The standard InChI is InChI=1S/C14H16N2/c1-11-5-6-13-4-3-7-16-14(13)10-15-9-12(2)8-11/h3-9,13-14H,1,10H2,2H3/b6-5-,12-8?,15-9?. The highest BCUT2D eigenvalue weighted by Gasteiger charge is 2.16. The van der Waals surface area contributed by atoms with Crippen LogP contribution in [0.1, 0.15) is 6.92 Å². The summed E-state index contributed by atoms with van der Waals surface area (Å²) >= 11 is 0. The maximum atomic E-state index is 4.45. The lowest BCUT2D eigenvalue weighted by atomic mass is 9.96. The van der Waals surface area contributed by atoms with Crippen LogP contribution in [0.5, 0.6) is 0 Å². The first kappa shape index (κ1) is 10.8. The SMILES string of the molecule is C=C1C=C(C)C=NCC2N=CC=CC2/C=C\1. The molecule has 16 heavy (non-hydrogen) atoms. The molecular weight excluding hydrogens is 196 g/mol.